The van der Waals surface area contributed by atoms with Crippen molar-refractivity contribution in [1.82, 2.24) is 9.97 Å². The molecule has 1 heterocycles. The Hall–Kier alpha value is -2.30. The molecule has 0 bridgehead atoms. The Kier molecular flexibility index (Phi) is 5.18. The van der Waals surface area contributed by atoms with Crippen LogP contribution in [0.25, 0.3) is 0 Å². The third kappa shape index (κ3) is 4.16. The first kappa shape index (κ1) is 16.6. The molecule has 0 spiro atoms. The summed E-state index contributed by atoms with van der Waals surface area (Å²) >= 11 is 12.2. The minimum absolute atomic E-state index is 0.504. The summed E-state index contributed by atoms with van der Waals surface area (Å²) in [6.45, 7) is 2.59. The third-order valence-electron chi connectivity index (χ3n) is 3.52. The summed E-state index contributed by atoms with van der Waals surface area (Å²) in [6, 6.07) is 15.2. The molecule has 2 aromatic carbocycles. The fourth-order valence-electron chi connectivity index (χ4n) is 2.19. The zero-order valence-electron chi connectivity index (χ0n) is 13.1. The van der Waals surface area contributed by atoms with E-state index in [0.717, 1.165) is 21.8 Å². The maximum Gasteiger partial charge on any atom is 0.229 e. The second-order valence-corrected chi connectivity index (χ2v) is 6.14. The van der Waals surface area contributed by atoms with Crippen molar-refractivity contribution >= 4 is 40.7 Å². The molecule has 0 aliphatic heterocycles. The van der Waals surface area contributed by atoms with Crippen LogP contribution in [0.1, 0.15) is 11.1 Å². The number of halogens is 2. The van der Waals surface area contributed by atoms with Gasteiger partial charge >= 0.3 is 0 Å². The van der Waals surface area contributed by atoms with E-state index in [2.05, 4.69) is 20.6 Å². The zero-order chi connectivity index (χ0) is 16.9. The van der Waals surface area contributed by atoms with Crippen LogP contribution in [-0.2, 0) is 6.54 Å². The molecule has 122 valence electrons. The molecule has 1 aromatic heterocycles. The molecule has 0 unspecified atom stereocenters. The van der Waals surface area contributed by atoms with Gasteiger partial charge in [0.2, 0.25) is 5.95 Å². The number of aryl methyl sites for hydroxylation is 1. The van der Waals surface area contributed by atoms with E-state index in [1.807, 2.05) is 55.5 Å². The molecular weight excluding hydrogens is 343 g/mol. The second-order valence-electron chi connectivity index (χ2n) is 5.29. The number of hydrogen-bond acceptors (Lipinski definition) is 4. The third-order valence-corrected chi connectivity index (χ3v) is 4.12. The van der Waals surface area contributed by atoms with Crippen molar-refractivity contribution < 1.29 is 0 Å². The number of aromatic nitrogens is 2. The summed E-state index contributed by atoms with van der Waals surface area (Å²) < 4.78 is 0. The van der Waals surface area contributed by atoms with Crippen molar-refractivity contribution in [3.63, 3.8) is 0 Å². The van der Waals surface area contributed by atoms with Crippen LogP contribution in [0.15, 0.2) is 54.7 Å². The fourth-order valence-corrected chi connectivity index (χ4v) is 2.57. The average molecular weight is 359 g/mol. The Morgan fingerprint density at radius 1 is 1.04 bits per heavy atom. The monoisotopic (exact) mass is 358 g/mol. The van der Waals surface area contributed by atoms with E-state index in [9.17, 15) is 0 Å². The van der Waals surface area contributed by atoms with E-state index in [1.54, 1.807) is 6.20 Å². The first-order valence-corrected chi connectivity index (χ1v) is 8.21. The Morgan fingerprint density at radius 2 is 1.88 bits per heavy atom. The standard InChI is InChI=1S/C18H16Cl2N4/c1-12-6-7-14(19)10-16(12)23-18-21-9-8-17(24-18)22-11-13-4-2-3-5-15(13)20/h2-10H,11H2,1H3,(H2,21,22,23,24). The van der Waals surface area contributed by atoms with E-state index in [4.69, 9.17) is 23.2 Å². The number of hydrogen-bond donors (Lipinski definition) is 2. The molecule has 0 saturated heterocycles. The normalized spacial score (nSPS) is 10.5. The molecular formula is C18H16Cl2N4. The summed E-state index contributed by atoms with van der Waals surface area (Å²) in [7, 11) is 0. The van der Waals surface area contributed by atoms with Gasteiger partial charge in [0.15, 0.2) is 0 Å². The van der Waals surface area contributed by atoms with Crippen LogP contribution in [0.5, 0.6) is 0 Å². The fraction of sp³-hybridized carbons (Fsp3) is 0.111. The maximum absolute atomic E-state index is 6.16. The summed E-state index contributed by atoms with van der Waals surface area (Å²) in [4.78, 5) is 8.71. The molecule has 3 rings (SSSR count). The van der Waals surface area contributed by atoms with E-state index in [1.165, 1.54) is 0 Å². The predicted octanol–water partition coefficient (Wildman–Crippen LogP) is 5.45. The summed E-state index contributed by atoms with van der Waals surface area (Å²) in [5.41, 5.74) is 2.96. The van der Waals surface area contributed by atoms with Crippen LogP contribution in [0.3, 0.4) is 0 Å². The first-order valence-electron chi connectivity index (χ1n) is 7.45. The van der Waals surface area contributed by atoms with Crippen LogP contribution in [-0.4, -0.2) is 9.97 Å². The number of nitrogens with zero attached hydrogens (tertiary/aromatic N) is 2. The SMILES string of the molecule is Cc1ccc(Cl)cc1Nc1nccc(NCc2ccccc2Cl)n1. The molecule has 24 heavy (non-hydrogen) atoms. The molecule has 3 aromatic rings. The van der Waals surface area contributed by atoms with Crippen LogP contribution in [0.2, 0.25) is 10.0 Å². The Morgan fingerprint density at radius 3 is 2.71 bits per heavy atom. The van der Waals surface area contributed by atoms with Crippen molar-refractivity contribution in [2.24, 2.45) is 0 Å². The molecule has 4 nitrogen and oxygen atoms in total. The molecule has 0 atom stereocenters. The highest BCUT2D eigenvalue weighted by molar-refractivity contribution is 6.31. The van der Waals surface area contributed by atoms with E-state index in [0.29, 0.717) is 23.3 Å². The zero-order valence-corrected chi connectivity index (χ0v) is 14.6. The predicted molar refractivity (Wildman–Crippen MR) is 100 cm³/mol. The average Bonchev–Trinajstić information content (AvgIpc) is 2.58. The van der Waals surface area contributed by atoms with Crippen molar-refractivity contribution in [2.75, 3.05) is 10.6 Å². The minimum Gasteiger partial charge on any atom is -0.366 e. The van der Waals surface area contributed by atoms with Gasteiger partial charge in [-0.25, -0.2) is 4.98 Å². The summed E-state index contributed by atoms with van der Waals surface area (Å²) in [6.07, 6.45) is 1.70. The van der Waals surface area contributed by atoms with Gasteiger partial charge in [0.05, 0.1) is 0 Å². The van der Waals surface area contributed by atoms with E-state index >= 15 is 0 Å². The quantitative estimate of drug-likeness (QED) is 0.636. The van der Waals surface area contributed by atoms with Gasteiger partial charge in [-0.15, -0.1) is 0 Å². The van der Waals surface area contributed by atoms with E-state index in [-0.39, 0.29) is 0 Å². The van der Waals surface area contributed by atoms with Gasteiger partial charge in [-0.1, -0.05) is 47.5 Å². The smallest absolute Gasteiger partial charge is 0.229 e. The van der Waals surface area contributed by atoms with Gasteiger partial charge in [-0.05, 0) is 42.3 Å². The Labute approximate surface area is 150 Å². The topological polar surface area (TPSA) is 49.8 Å². The number of rotatable bonds is 5. The maximum atomic E-state index is 6.16. The van der Waals surface area contributed by atoms with Crippen molar-refractivity contribution in [3.05, 3.63) is 75.9 Å². The van der Waals surface area contributed by atoms with Gasteiger partial charge in [-0.2, -0.15) is 4.98 Å². The highest BCUT2D eigenvalue weighted by atomic mass is 35.5. The highest BCUT2D eigenvalue weighted by Gasteiger charge is 2.04. The van der Waals surface area contributed by atoms with Crippen LogP contribution < -0.4 is 10.6 Å². The highest BCUT2D eigenvalue weighted by Crippen LogP contribution is 2.23. The lowest BCUT2D eigenvalue weighted by Crippen LogP contribution is -2.05. The lowest BCUT2D eigenvalue weighted by atomic mass is 10.2. The van der Waals surface area contributed by atoms with Gasteiger partial charge in [0, 0.05) is 28.5 Å². The van der Waals surface area contributed by atoms with Gasteiger partial charge in [-0.3, -0.25) is 0 Å². The molecule has 0 saturated carbocycles. The van der Waals surface area contributed by atoms with Crippen LogP contribution in [0, 0.1) is 6.92 Å². The Bertz CT molecular complexity index is 852. The van der Waals surface area contributed by atoms with Crippen molar-refractivity contribution in [3.8, 4) is 0 Å². The van der Waals surface area contributed by atoms with Gasteiger partial charge < -0.3 is 10.6 Å². The molecule has 6 heteroatoms. The summed E-state index contributed by atoms with van der Waals surface area (Å²) in [5, 5.41) is 7.83. The molecule has 0 aliphatic carbocycles. The summed E-state index contributed by atoms with van der Waals surface area (Å²) in [5.74, 6) is 1.22. The van der Waals surface area contributed by atoms with Crippen molar-refractivity contribution in [2.45, 2.75) is 13.5 Å². The van der Waals surface area contributed by atoms with Gasteiger partial charge in [0.25, 0.3) is 0 Å². The molecule has 2 N–H and O–H groups in total. The molecule has 0 amide bonds. The number of anilines is 3. The first-order chi connectivity index (χ1) is 11.6. The number of nitrogens with one attached hydrogen (secondary N) is 2. The number of benzene rings is 2. The largest absolute Gasteiger partial charge is 0.366 e. The lowest BCUT2D eigenvalue weighted by Gasteiger charge is -2.11. The van der Waals surface area contributed by atoms with Crippen molar-refractivity contribution in [1.29, 1.82) is 0 Å². The van der Waals surface area contributed by atoms with Crippen LogP contribution >= 0.6 is 23.2 Å². The minimum atomic E-state index is 0.504. The molecule has 0 radical (unpaired) electrons. The van der Waals surface area contributed by atoms with Crippen LogP contribution in [0.4, 0.5) is 17.5 Å². The molecule has 0 aliphatic rings. The van der Waals surface area contributed by atoms with E-state index < -0.39 is 0 Å². The second kappa shape index (κ2) is 7.51. The van der Waals surface area contributed by atoms with Gasteiger partial charge in [0.1, 0.15) is 5.82 Å². The molecule has 0 fully saturated rings. The Balaban J connectivity index is 1.72. The lowest BCUT2D eigenvalue weighted by molar-refractivity contribution is 1.08.